The van der Waals surface area contributed by atoms with Crippen LogP contribution in [-0.2, 0) is 4.79 Å². The number of carbonyl (C=O) groups excluding carboxylic acids is 2. The van der Waals surface area contributed by atoms with Crippen molar-refractivity contribution in [2.45, 2.75) is 32.2 Å². The van der Waals surface area contributed by atoms with E-state index in [1.807, 2.05) is 56.3 Å². The van der Waals surface area contributed by atoms with Gasteiger partial charge in [0.05, 0.1) is 5.92 Å². The van der Waals surface area contributed by atoms with Gasteiger partial charge in [-0.2, -0.15) is 4.98 Å². The van der Waals surface area contributed by atoms with Gasteiger partial charge in [-0.05, 0) is 50.2 Å². The van der Waals surface area contributed by atoms with E-state index >= 15 is 0 Å². The van der Waals surface area contributed by atoms with Crippen molar-refractivity contribution in [1.29, 1.82) is 0 Å². The number of carbonyl (C=O) groups is 2. The first-order valence-electron chi connectivity index (χ1n) is 9.86. The molecule has 2 aromatic carbocycles. The Kier molecular flexibility index (Phi) is 5.47. The van der Waals surface area contributed by atoms with Gasteiger partial charge < -0.3 is 20.1 Å². The van der Waals surface area contributed by atoms with Crippen molar-refractivity contribution in [2.75, 3.05) is 16.8 Å². The van der Waals surface area contributed by atoms with Gasteiger partial charge in [0, 0.05) is 35.9 Å². The van der Waals surface area contributed by atoms with Crippen molar-refractivity contribution in [3.05, 3.63) is 60.5 Å². The van der Waals surface area contributed by atoms with Crippen LogP contribution >= 0.6 is 0 Å². The largest absolute Gasteiger partial charge is 0.339 e. The Morgan fingerprint density at radius 2 is 1.87 bits per heavy atom. The van der Waals surface area contributed by atoms with E-state index in [2.05, 4.69) is 20.8 Å². The fourth-order valence-electron chi connectivity index (χ4n) is 3.38. The second-order valence-corrected chi connectivity index (χ2v) is 7.53. The molecule has 1 atom stereocenters. The molecule has 0 bridgehead atoms. The number of aromatic nitrogens is 2. The van der Waals surface area contributed by atoms with E-state index < -0.39 is 0 Å². The van der Waals surface area contributed by atoms with Crippen molar-refractivity contribution in [1.82, 2.24) is 15.5 Å². The van der Waals surface area contributed by atoms with Gasteiger partial charge in [-0.1, -0.05) is 23.4 Å². The van der Waals surface area contributed by atoms with Crippen LogP contribution in [0.5, 0.6) is 0 Å². The minimum Gasteiger partial charge on any atom is -0.339 e. The third kappa shape index (κ3) is 4.32. The molecule has 0 saturated carbocycles. The van der Waals surface area contributed by atoms with Crippen LogP contribution in [0.4, 0.5) is 16.2 Å². The first-order chi connectivity index (χ1) is 14.5. The molecule has 2 heterocycles. The molecule has 30 heavy (non-hydrogen) atoms. The fraction of sp³-hybridized carbons (Fsp3) is 0.273. The Morgan fingerprint density at radius 1 is 1.13 bits per heavy atom. The molecule has 1 fully saturated rings. The van der Waals surface area contributed by atoms with Gasteiger partial charge >= 0.3 is 6.03 Å². The lowest BCUT2D eigenvalue weighted by molar-refractivity contribution is -0.117. The van der Waals surface area contributed by atoms with E-state index in [1.165, 1.54) is 0 Å². The van der Waals surface area contributed by atoms with E-state index in [9.17, 15) is 9.59 Å². The zero-order valence-electron chi connectivity index (χ0n) is 16.8. The highest BCUT2D eigenvalue weighted by Crippen LogP contribution is 2.32. The van der Waals surface area contributed by atoms with Gasteiger partial charge in [0.1, 0.15) is 0 Å². The lowest BCUT2D eigenvalue weighted by Gasteiger charge is -2.15. The van der Waals surface area contributed by atoms with Crippen LogP contribution in [0.1, 0.15) is 32.1 Å². The summed E-state index contributed by atoms with van der Waals surface area (Å²) in [6, 6.07) is 16.6. The lowest BCUT2D eigenvalue weighted by atomic mass is 10.1. The molecule has 1 unspecified atom stereocenters. The van der Waals surface area contributed by atoms with Gasteiger partial charge in [0.25, 0.3) is 0 Å². The smallest absolute Gasteiger partial charge is 0.319 e. The maximum atomic E-state index is 12.4. The van der Waals surface area contributed by atoms with E-state index in [4.69, 9.17) is 4.52 Å². The van der Waals surface area contributed by atoms with E-state index in [0.29, 0.717) is 30.4 Å². The first kappa shape index (κ1) is 19.6. The predicted octanol–water partition coefficient (Wildman–Crippen LogP) is 3.79. The van der Waals surface area contributed by atoms with Crippen molar-refractivity contribution in [3.63, 3.8) is 0 Å². The standard InChI is InChI=1S/C22H23N5O3/c1-14(2)23-22(29)24-17-10-8-15(9-11-17)20-25-21(30-26-20)16-12-19(28)27(13-16)18-6-4-3-5-7-18/h3-11,14,16H,12-13H2,1-2H3,(H2,23,24,29). The molecule has 0 spiro atoms. The van der Waals surface area contributed by atoms with Crippen LogP contribution in [0.2, 0.25) is 0 Å². The highest BCUT2D eigenvalue weighted by Gasteiger charge is 2.35. The zero-order chi connectivity index (χ0) is 21.1. The van der Waals surface area contributed by atoms with Gasteiger partial charge in [-0.25, -0.2) is 4.79 Å². The summed E-state index contributed by atoms with van der Waals surface area (Å²) in [7, 11) is 0. The van der Waals surface area contributed by atoms with Crippen LogP contribution in [0.3, 0.4) is 0 Å². The summed E-state index contributed by atoms with van der Waals surface area (Å²) in [5.41, 5.74) is 2.30. The summed E-state index contributed by atoms with van der Waals surface area (Å²) in [6.07, 6.45) is 0.338. The molecule has 1 saturated heterocycles. The zero-order valence-corrected chi connectivity index (χ0v) is 16.8. The molecule has 1 aromatic heterocycles. The van der Waals surface area contributed by atoms with Crippen molar-refractivity contribution >= 4 is 23.3 Å². The Bertz CT molecular complexity index is 1030. The molecule has 154 valence electrons. The van der Waals surface area contributed by atoms with Crippen molar-refractivity contribution in [3.8, 4) is 11.4 Å². The fourth-order valence-corrected chi connectivity index (χ4v) is 3.38. The normalized spacial score (nSPS) is 16.2. The summed E-state index contributed by atoms with van der Waals surface area (Å²) < 4.78 is 5.45. The molecule has 8 nitrogen and oxygen atoms in total. The van der Waals surface area contributed by atoms with Crippen LogP contribution < -0.4 is 15.5 Å². The molecular weight excluding hydrogens is 382 g/mol. The maximum Gasteiger partial charge on any atom is 0.319 e. The molecule has 3 amide bonds. The molecule has 0 aliphatic carbocycles. The number of amides is 3. The number of anilines is 2. The highest BCUT2D eigenvalue weighted by atomic mass is 16.5. The van der Waals surface area contributed by atoms with Gasteiger partial charge in [0.2, 0.25) is 17.6 Å². The first-order valence-corrected chi connectivity index (χ1v) is 9.86. The number of hydrogen-bond donors (Lipinski definition) is 2. The minimum absolute atomic E-state index is 0.0426. The number of hydrogen-bond acceptors (Lipinski definition) is 5. The Balaban J connectivity index is 1.43. The number of benzene rings is 2. The molecule has 1 aliphatic rings. The molecule has 8 heteroatoms. The monoisotopic (exact) mass is 405 g/mol. The summed E-state index contributed by atoms with van der Waals surface area (Å²) >= 11 is 0. The Hall–Kier alpha value is -3.68. The van der Waals surface area contributed by atoms with Crippen LogP contribution in [0, 0.1) is 0 Å². The Labute approximate surface area is 174 Å². The number of para-hydroxylation sites is 1. The average molecular weight is 405 g/mol. The topological polar surface area (TPSA) is 100 Å². The number of nitrogens with one attached hydrogen (secondary N) is 2. The summed E-state index contributed by atoms with van der Waals surface area (Å²) in [5, 5.41) is 9.61. The molecule has 4 rings (SSSR count). The van der Waals surface area contributed by atoms with Gasteiger partial charge in [0.15, 0.2) is 0 Å². The average Bonchev–Trinajstić information content (AvgIpc) is 3.35. The molecule has 2 N–H and O–H groups in total. The van der Waals surface area contributed by atoms with Gasteiger partial charge in [-0.3, -0.25) is 4.79 Å². The molecule has 0 radical (unpaired) electrons. The third-order valence-electron chi connectivity index (χ3n) is 4.80. The quantitative estimate of drug-likeness (QED) is 0.673. The van der Waals surface area contributed by atoms with Crippen LogP contribution in [-0.4, -0.2) is 34.7 Å². The minimum atomic E-state index is -0.256. The maximum absolute atomic E-state index is 12.4. The molecule has 1 aliphatic heterocycles. The second kappa shape index (κ2) is 8.36. The molecular formula is C22H23N5O3. The van der Waals surface area contributed by atoms with Crippen molar-refractivity contribution in [2.24, 2.45) is 0 Å². The van der Waals surface area contributed by atoms with Crippen LogP contribution in [0.15, 0.2) is 59.1 Å². The molecule has 3 aromatic rings. The third-order valence-corrected chi connectivity index (χ3v) is 4.80. The summed E-state index contributed by atoms with van der Waals surface area (Å²) in [6.45, 7) is 4.30. The van der Waals surface area contributed by atoms with Crippen molar-refractivity contribution < 1.29 is 14.1 Å². The summed E-state index contributed by atoms with van der Waals surface area (Å²) in [5.74, 6) is 0.810. The second-order valence-electron chi connectivity index (χ2n) is 7.53. The lowest BCUT2D eigenvalue weighted by Crippen LogP contribution is -2.34. The SMILES string of the molecule is CC(C)NC(=O)Nc1ccc(-c2noc(C3CC(=O)N(c4ccccc4)C3)n2)cc1. The summed E-state index contributed by atoms with van der Waals surface area (Å²) in [4.78, 5) is 30.5. The van der Waals surface area contributed by atoms with E-state index in [0.717, 1.165) is 11.3 Å². The number of nitrogens with zero attached hydrogens (tertiary/aromatic N) is 3. The van der Waals surface area contributed by atoms with Gasteiger partial charge in [-0.15, -0.1) is 0 Å². The number of rotatable bonds is 5. The van der Waals surface area contributed by atoms with Crippen LogP contribution in [0.25, 0.3) is 11.4 Å². The highest BCUT2D eigenvalue weighted by molar-refractivity contribution is 5.96. The van der Waals surface area contributed by atoms with E-state index in [-0.39, 0.29) is 23.9 Å². The van der Waals surface area contributed by atoms with E-state index in [1.54, 1.807) is 17.0 Å². The number of urea groups is 1. The Morgan fingerprint density at radius 3 is 2.57 bits per heavy atom. The predicted molar refractivity (Wildman–Crippen MR) is 113 cm³/mol.